The third kappa shape index (κ3) is 3.57. The number of halogens is 1. The van der Waals surface area contributed by atoms with Crippen molar-refractivity contribution in [3.63, 3.8) is 0 Å². The van der Waals surface area contributed by atoms with Crippen molar-refractivity contribution in [1.29, 1.82) is 0 Å². The van der Waals surface area contributed by atoms with Gasteiger partial charge in [0.1, 0.15) is 17.5 Å². The number of rotatable bonds is 4. The molecule has 0 bridgehead atoms. The summed E-state index contributed by atoms with van der Waals surface area (Å²) in [6.45, 7) is 0.701. The van der Waals surface area contributed by atoms with Gasteiger partial charge in [0, 0.05) is 17.9 Å². The first-order valence-corrected chi connectivity index (χ1v) is 10.1. The molecule has 0 saturated carbocycles. The van der Waals surface area contributed by atoms with E-state index < -0.39 is 0 Å². The van der Waals surface area contributed by atoms with Crippen LogP contribution in [0.5, 0.6) is 5.75 Å². The molecule has 27 heavy (non-hydrogen) atoms. The highest BCUT2D eigenvalue weighted by Crippen LogP contribution is 2.41. The molecule has 4 rings (SSSR count). The second-order valence-corrected chi connectivity index (χ2v) is 7.96. The first-order valence-electron chi connectivity index (χ1n) is 8.27. The maximum absolute atomic E-state index is 13.2. The number of ether oxygens (including phenoxy) is 1. The van der Waals surface area contributed by atoms with E-state index in [1.807, 2.05) is 47.4 Å². The van der Waals surface area contributed by atoms with Crippen molar-refractivity contribution < 1.29 is 9.53 Å². The van der Waals surface area contributed by atoms with E-state index in [-0.39, 0.29) is 11.3 Å². The summed E-state index contributed by atoms with van der Waals surface area (Å²) in [6, 6.07) is 13.3. The van der Waals surface area contributed by atoms with Crippen LogP contribution in [0.15, 0.2) is 53.3 Å². The molecule has 2 aromatic carbocycles. The van der Waals surface area contributed by atoms with Gasteiger partial charge in [0.2, 0.25) is 0 Å². The molecule has 0 spiro atoms. The zero-order valence-corrected chi connectivity index (χ0v) is 16.9. The molecular formula is C18H16BrN5O2S. The lowest BCUT2D eigenvalue weighted by Crippen LogP contribution is -2.30. The average Bonchev–Trinajstić information content (AvgIpc) is 3.39. The summed E-state index contributed by atoms with van der Waals surface area (Å²) in [4.78, 5) is 15.1. The molecule has 0 aliphatic carbocycles. The number of nitrogens with zero attached hydrogens (tertiary/aromatic N) is 5. The summed E-state index contributed by atoms with van der Waals surface area (Å²) >= 11 is 5.29. The summed E-state index contributed by atoms with van der Waals surface area (Å²) < 4.78 is 7.72. The van der Waals surface area contributed by atoms with Gasteiger partial charge in [-0.2, -0.15) is 0 Å². The van der Waals surface area contributed by atoms with E-state index in [0.717, 1.165) is 27.2 Å². The van der Waals surface area contributed by atoms with Crippen LogP contribution in [0.3, 0.4) is 0 Å². The second kappa shape index (κ2) is 7.69. The van der Waals surface area contributed by atoms with Gasteiger partial charge < -0.3 is 9.64 Å². The molecular weight excluding hydrogens is 430 g/mol. The quantitative estimate of drug-likeness (QED) is 0.613. The Labute approximate surface area is 168 Å². The maximum Gasteiger partial charge on any atom is 0.255 e. The normalized spacial score (nSPS) is 16.5. The van der Waals surface area contributed by atoms with Gasteiger partial charge >= 0.3 is 0 Å². The van der Waals surface area contributed by atoms with Gasteiger partial charge in [-0.15, -0.1) is 16.9 Å². The number of benzene rings is 2. The smallest absolute Gasteiger partial charge is 0.255 e. The minimum Gasteiger partial charge on any atom is -0.496 e. The number of methoxy groups -OCH3 is 1. The number of tetrazole rings is 1. The van der Waals surface area contributed by atoms with Crippen LogP contribution in [-0.2, 0) is 0 Å². The summed E-state index contributed by atoms with van der Waals surface area (Å²) in [6.07, 6.45) is 1.51. The van der Waals surface area contributed by atoms with Crippen LogP contribution in [0, 0.1) is 0 Å². The Hall–Kier alpha value is -2.39. The lowest BCUT2D eigenvalue weighted by atomic mass is 10.1. The summed E-state index contributed by atoms with van der Waals surface area (Å²) in [5.41, 5.74) is 2.43. The summed E-state index contributed by atoms with van der Waals surface area (Å²) in [5, 5.41) is 11.1. The van der Waals surface area contributed by atoms with Crippen LogP contribution in [0.25, 0.3) is 5.69 Å². The largest absolute Gasteiger partial charge is 0.496 e. The van der Waals surface area contributed by atoms with Gasteiger partial charge in [-0.3, -0.25) is 4.79 Å². The first-order chi connectivity index (χ1) is 13.2. The predicted molar refractivity (Wildman–Crippen MR) is 106 cm³/mol. The molecule has 3 aromatic rings. The fraction of sp³-hybridized carbons (Fsp3) is 0.222. The Morgan fingerprint density at radius 2 is 2.19 bits per heavy atom. The van der Waals surface area contributed by atoms with Gasteiger partial charge in [-0.05, 0) is 62.3 Å². The lowest BCUT2D eigenvalue weighted by Gasteiger charge is -2.25. The number of amides is 1. The molecule has 1 amide bonds. The summed E-state index contributed by atoms with van der Waals surface area (Å²) in [7, 11) is 1.64. The van der Waals surface area contributed by atoms with Crippen molar-refractivity contribution in [3.05, 3.63) is 64.4 Å². The minimum atomic E-state index is -0.0311. The zero-order chi connectivity index (χ0) is 18.8. The number of hydrogen-bond acceptors (Lipinski definition) is 6. The van der Waals surface area contributed by atoms with Gasteiger partial charge in [0.05, 0.1) is 17.3 Å². The van der Waals surface area contributed by atoms with Crippen molar-refractivity contribution in [2.45, 2.75) is 5.37 Å². The van der Waals surface area contributed by atoms with Crippen LogP contribution >= 0.6 is 27.7 Å². The lowest BCUT2D eigenvalue weighted by molar-refractivity contribution is 0.0760. The van der Waals surface area contributed by atoms with E-state index in [1.54, 1.807) is 18.9 Å². The highest BCUT2D eigenvalue weighted by atomic mass is 79.9. The fourth-order valence-corrected chi connectivity index (χ4v) is 4.82. The maximum atomic E-state index is 13.2. The Bertz CT molecular complexity index is 966. The number of hydrogen-bond donors (Lipinski definition) is 0. The molecule has 1 aliphatic rings. The molecule has 0 N–H and O–H groups in total. The van der Waals surface area contributed by atoms with E-state index >= 15 is 0 Å². The fourth-order valence-electron chi connectivity index (χ4n) is 3.02. The van der Waals surface area contributed by atoms with Crippen molar-refractivity contribution in [1.82, 2.24) is 25.1 Å². The molecule has 1 unspecified atom stereocenters. The predicted octanol–water partition coefficient (Wildman–Crippen LogP) is 3.32. The second-order valence-electron chi connectivity index (χ2n) is 5.92. The van der Waals surface area contributed by atoms with E-state index in [2.05, 4.69) is 31.5 Å². The monoisotopic (exact) mass is 445 g/mol. The van der Waals surface area contributed by atoms with Crippen molar-refractivity contribution in [3.8, 4) is 11.4 Å². The average molecular weight is 446 g/mol. The van der Waals surface area contributed by atoms with Crippen molar-refractivity contribution >= 4 is 33.6 Å². The number of carbonyl (C=O) groups excluding carboxylic acids is 1. The number of carbonyl (C=O) groups is 1. The molecule has 1 saturated heterocycles. The van der Waals surface area contributed by atoms with E-state index in [9.17, 15) is 4.79 Å². The molecule has 1 fully saturated rings. The van der Waals surface area contributed by atoms with Crippen molar-refractivity contribution in [2.75, 3.05) is 19.4 Å². The standard InChI is InChI=1S/C18H16BrN5O2S/c1-26-16-6-5-13(10-15(16)19)18-23(7-8-27-18)17(25)12-3-2-4-14(9-12)24-11-20-21-22-24/h2-6,9-11,18H,7-8H2,1H3. The van der Waals surface area contributed by atoms with Crippen LogP contribution in [0.4, 0.5) is 0 Å². The van der Waals surface area contributed by atoms with Crippen LogP contribution in [0.2, 0.25) is 0 Å². The third-order valence-corrected chi connectivity index (χ3v) is 6.20. The first kappa shape index (κ1) is 18.0. The van der Waals surface area contributed by atoms with E-state index in [1.165, 1.54) is 11.0 Å². The van der Waals surface area contributed by atoms with Crippen LogP contribution < -0.4 is 4.74 Å². The zero-order valence-electron chi connectivity index (χ0n) is 14.4. The van der Waals surface area contributed by atoms with Crippen LogP contribution in [-0.4, -0.2) is 50.4 Å². The van der Waals surface area contributed by atoms with Gasteiger partial charge in [0.15, 0.2) is 0 Å². The molecule has 1 aromatic heterocycles. The molecule has 1 atom stereocenters. The number of thioether (sulfide) groups is 1. The molecule has 7 nitrogen and oxygen atoms in total. The van der Waals surface area contributed by atoms with Gasteiger partial charge in [0.25, 0.3) is 5.91 Å². The molecule has 1 aliphatic heterocycles. The Balaban J connectivity index is 1.61. The summed E-state index contributed by atoms with van der Waals surface area (Å²) in [5.74, 6) is 1.66. The van der Waals surface area contributed by atoms with Crippen LogP contribution in [0.1, 0.15) is 21.3 Å². The third-order valence-electron chi connectivity index (χ3n) is 4.32. The molecule has 9 heteroatoms. The highest BCUT2D eigenvalue weighted by molar-refractivity contribution is 9.10. The van der Waals surface area contributed by atoms with E-state index in [0.29, 0.717) is 12.1 Å². The van der Waals surface area contributed by atoms with Crippen molar-refractivity contribution in [2.24, 2.45) is 0 Å². The molecule has 2 heterocycles. The van der Waals surface area contributed by atoms with Gasteiger partial charge in [-0.1, -0.05) is 12.1 Å². The Morgan fingerprint density at radius 1 is 1.30 bits per heavy atom. The topological polar surface area (TPSA) is 73.1 Å². The molecule has 138 valence electrons. The highest BCUT2D eigenvalue weighted by Gasteiger charge is 2.31. The minimum absolute atomic E-state index is 0.00753. The molecule has 0 radical (unpaired) electrons. The number of aromatic nitrogens is 4. The Morgan fingerprint density at radius 3 is 2.93 bits per heavy atom. The van der Waals surface area contributed by atoms with E-state index in [4.69, 9.17) is 4.74 Å². The van der Waals surface area contributed by atoms with Gasteiger partial charge in [-0.25, -0.2) is 4.68 Å². The Kier molecular flexibility index (Phi) is 5.13. The SMILES string of the molecule is COc1ccc(C2SCCN2C(=O)c2cccc(-n3cnnn3)c2)cc1Br.